The molecule has 0 aromatic rings. The fourth-order valence-corrected chi connectivity index (χ4v) is 2.29. The lowest BCUT2D eigenvalue weighted by atomic mass is 9.86. The summed E-state index contributed by atoms with van der Waals surface area (Å²) in [6, 6.07) is 1.85. The standard InChI is InChI=1S/C11H17NO5/c1-6-11(13,5-12)8-7(9(14-4)15-6)16-10(2,3)17-8/h6-9,13H,1-4H3/t6-,7-,8+,9-,11+/m1/s1. The summed E-state index contributed by atoms with van der Waals surface area (Å²) in [5, 5.41) is 19.5. The molecule has 1 N–H and O–H groups in total. The van der Waals surface area contributed by atoms with Crippen LogP contribution in [0.1, 0.15) is 20.8 Å². The highest BCUT2D eigenvalue weighted by Crippen LogP contribution is 2.42. The van der Waals surface area contributed by atoms with Crippen molar-refractivity contribution < 1.29 is 24.1 Å². The van der Waals surface area contributed by atoms with Crippen molar-refractivity contribution in [2.24, 2.45) is 0 Å². The predicted octanol–water partition coefficient (Wildman–Crippen LogP) is 0.152. The molecule has 0 amide bonds. The number of methoxy groups -OCH3 is 1. The molecule has 2 aliphatic heterocycles. The average molecular weight is 243 g/mol. The molecule has 0 radical (unpaired) electrons. The second-order valence-electron chi connectivity index (χ2n) is 4.84. The quantitative estimate of drug-likeness (QED) is 0.660. The molecular weight excluding hydrogens is 226 g/mol. The number of nitrogens with zero attached hydrogens (tertiary/aromatic N) is 1. The highest BCUT2D eigenvalue weighted by atomic mass is 16.8. The van der Waals surface area contributed by atoms with Gasteiger partial charge in [-0.05, 0) is 20.8 Å². The summed E-state index contributed by atoms with van der Waals surface area (Å²) >= 11 is 0. The van der Waals surface area contributed by atoms with E-state index in [0.717, 1.165) is 0 Å². The van der Waals surface area contributed by atoms with Crippen molar-refractivity contribution in [3.63, 3.8) is 0 Å². The van der Waals surface area contributed by atoms with Gasteiger partial charge in [0.05, 0.1) is 0 Å². The number of aliphatic hydroxyl groups is 1. The van der Waals surface area contributed by atoms with E-state index in [0.29, 0.717) is 0 Å². The van der Waals surface area contributed by atoms with E-state index in [9.17, 15) is 5.11 Å². The Kier molecular flexibility index (Phi) is 2.92. The van der Waals surface area contributed by atoms with Crippen molar-refractivity contribution in [3.8, 4) is 6.07 Å². The number of nitriles is 1. The molecule has 17 heavy (non-hydrogen) atoms. The molecule has 0 unspecified atom stereocenters. The number of ether oxygens (including phenoxy) is 4. The van der Waals surface area contributed by atoms with Crippen LogP contribution in [0.15, 0.2) is 0 Å². The number of rotatable bonds is 1. The summed E-state index contributed by atoms with van der Waals surface area (Å²) in [7, 11) is 1.49. The van der Waals surface area contributed by atoms with Crippen molar-refractivity contribution in [1.29, 1.82) is 5.26 Å². The molecule has 0 aliphatic carbocycles. The third kappa shape index (κ3) is 1.84. The summed E-state index contributed by atoms with van der Waals surface area (Å²) < 4.78 is 21.8. The predicted molar refractivity (Wildman–Crippen MR) is 55.7 cm³/mol. The third-order valence-corrected chi connectivity index (χ3v) is 3.20. The molecule has 2 heterocycles. The molecule has 5 atom stereocenters. The number of hydrogen-bond acceptors (Lipinski definition) is 6. The Labute approximate surface area is 100 Å². The van der Waals surface area contributed by atoms with E-state index >= 15 is 0 Å². The van der Waals surface area contributed by atoms with Crippen LogP contribution in [0.3, 0.4) is 0 Å². The van der Waals surface area contributed by atoms with E-state index in [1.165, 1.54) is 7.11 Å². The van der Waals surface area contributed by atoms with E-state index < -0.39 is 36.0 Å². The first kappa shape index (κ1) is 12.7. The Bertz CT molecular complexity index is 352. The first-order valence-electron chi connectivity index (χ1n) is 5.51. The molecule has 0 saturated carbocycles. The van der Waals surface area contributed by atoms with Gasteiger partial charge < -0.3 is 24.1 Å². The van der Waals surface area contributed by atoms with Crippen molar-refractivity contribution in [2.45, 2.75) is 56.8 Å². The molecule has 2 aliphatic rings. The SMILES string of the molecule is CO[C@@H]1O[C@H](C)[C@@](O)(C#N)[C@H]2OC(C)(C)O[C@@H]12. The van der Waals surface area contributed by atoms with Crippen LogP contribution in [0.25, 0.3) is 0 Å². The number of hydrogen-bond donors (Lipinski definition) is 1. The van der Waals surface area contributed by atoms with Gasteiger partial charge in [0.2, 0.25) is 5.60 Å². The summed E-state index contributed by atoms with van der Waals surface area (Å²) in [6.07, 6.45) is -2.76. The highest BCUT2D eigenvalue weighted by Gasteiger charge is 2.62. The first-order chi connectivity index (χ1) is 7.84. The minimum Gasteiger partial charge on any atom is -0.371 e. The zero-order valence-electron chi connectivity index (χ0n) is 10.3. The zero-order chi connectivity index (χ0) is 12.8. The van der Waals surface area contributed by atoms with Crippen LogP contribution in [-0.4, -0.2) is 48.2 Å². The van der Waals surface area contributed by atoms with E-state index in [1.807, 2.05) is 6.07 Å². The lowest BCUT2D eigenvalue weighted by Gasteiger charge is -2.42. The summed E-state index contributed by atoms with van der Waals surface area (Å²) in [5.41, 5.74) is -1.73. The maximum absolute atomic E-state index is 10.3. The molecule has 2 fully saturated rings. The van der Waals surface area contributed by atoms with Gasteiger partial charge in [0.15, 0.2) is 12.1 Å². The Morgan fingerprint density at radius 2 is 2.00 bits per heavy atom. The van der Waals surface area contributed by atoms with Crippen molar-refractivity contribution in [3.05, 3.63) is 0 Å². The van der Waals surface area contributed by atoms with Crippen molar-refractivity contribution in [2.75, 3.05) is 7.11 Å². The van der Waals surface area contributed by atoms with E-state index in [2.05, 4.69) is 0 Å². The monoisotopic (exact) mass is 243 g/mol. The minimum atomic E-state index is -1.73. The van der Waals surface area contributed by atoms with Gasteiger partial charge in [-0.2, -0.15) is 5.26 Å². The average Bonchev–Trinajstić information content (AvgIpc) is 2.60. The van der Waals surface area contributed by atoms with Gasteiger partial charge in [0.1, 0.15) is 24.4 Å². The number of fused-ring (bicyclic) bond motifs is 1. The summed E-state index contributed by atoms with van der Waals surface area (Å²) in [5.74, 6) is -0.871. The molecule has 0 spiro atoms. The molecule has 6 heteroatoms. The fourth-order valence-electron chi connectivity index (χ4n) is 2.29. The van der Waals surface area contributed by atoms with Crippen molar-refractivity contribution >= 4 is 0 Å². The Morgan fingerprint density at radius 1 is 1.35 bits per heavy atom. The highest BCUT2D eigenvalue weighted by molar-refractivity contribution is 5.16. The molecule has 2 rings (SSSR count). The minimum absolute atomic E-state index is 0.615. The van der Waals surface area contributed by atoms with Crippen LogP contribution in [0, 0.1) is 11.3 Å². The van der Waals surface area contributed by atoms with Gasteiger partial charge in [-0.1, -0.05) is 0 Å². The smallest absolute Gasteiger partial charge is 0.206 e. The molecule has 96 valence electrons. The molecule has 2 saturated heterocycles. The molecule has 0 aromatic carbocycles. The van der Waals surface area contributed by atoms with Gasteiger partial charge in [0.25, 0.3) is 0 Å². The largest absolute Gasteiger partial charge is 0.371 e. The Hall–Kier alpha value is -0.710. The van der Waals surface area contributed by atoms with Crippen LogP contribution in [0.2, 0.25) is 0 Å². The van der Waals surface area contributed by atoms with Gasteiger partial charge in [0, 0.05) is 7.11 Å². The van der Waals surface area contributed by atoms with Crippen LogP contribution in [0.4, 0.5) is 0 Å². The Morgan fingerprint density at radius 3 is 2.53 bits per heavy atom. The van der Waals surface area contributed by atoms with Gasteiger partial charge in [-0.3, -0.25) is 0 Å². The lowest BCUT2D eigenvalue weighted by molar-refractivity contribution is -0.279. The van der Waals surface area contributed by atoms with Crippen LogP contribution < -0.4 is 0 Å². The first-order valence-corrected chi connectivity index (χ1v) is 5.51. The maximum atomic E-state index is 10.3. The zero-order valence-corrected chi connectivity index (χ0v) is 10.3. The maximum Gasteiger partial charge on any atom is 0.206 e. The fraction of sp³-hybridized carbons (Fsp3) is 0.909. The normalized spacial score (nSPS) is 48.5. The lowest BCUT2D eigenvalue weighted by Crippen LogP contribution is -2.63. The molecular formula is C11H17NO5. The summed E-state index contributed by atoms with van der Waals surface area (Å²) in [6.45, 7) is 5.06. The Balaban J connectivity index is 2.35. The van der Waals surface area contributed by atoms with Crippen LogP contribution in [0.5, 0.6) is 0 Å². The van der Waals surface area contributed by atoms with E-state index in [-0.39, 0.29) is 0 Å². The van der Waals surface area contributed by atoms with Gasteiger partial charge >= 0.3 is 0 Å². The van der Waals surface area contributed by atoms with Crippen LogP contribution in [-0.2, 0) is 18.9 Å². The van der Waals surface area contributed by atoms with Gasteiger partial charge in [-0.15, -0.1) is 0 Å². The second-order valence-corrected chi connectivity index (χ2v) is 4.84. The molecule has 6 nitrogen and oxygen atoms in total. The van der Waals surface area contributed by atoms with Gasteiger partial charge in [-0.25, -0.2) is 0 Å². The second kappa shape index (κ2) is 3.90. The van der Waals surface area contributed by atoms with Crippen LogP contribution >= 0.6 is 0 Å². The van der Waals surface area contributed by atoms with E-state index in [4.69, 9.17) is 24.2 Å². The van der Waals surface area contributed by atoms with E-state index in [1.54, 1.807) is 20.8 Å². The molecule has 0 bridgehead atoms. The summed E-state index contributed by atoms with van der Waals surface area (Å²) in [4.78, 5) is 0. The molecule has 0 aromatic heterocycles. The third-order valence-electron chi connectivity index (χ3n) is 3.20. The van der Waals surface area contributed by atoms with Crippen molar-refractivity contribution in [1.82, 2.24) is 0 Å². The topological polar surface area (TPSA) is 80.9 Å².